The highest BCUT2D eigenvalue weighted by Crippen LogP contribution is 2.32. The SMILES string of the molecule is COc1ccccc1N(C)c1nc(N)ncc1F. The van der Waals surface area contributed by atoms with Crippen LogP contribution in [0.4, 0.5) is 21.8 Å². The van der Waals surface area contributed by atoms with E-state index in [9.17, 15) is 4.39 Å². The molecule has 0 aliphatic carbocycles. The third kappa shape index (κ3) is 2.17. The molecule has 2 aromatic rings. The Morgan fingerprint density at radius 1 is 1.33 bits per heavy atom. The van der Waals surface area contributed by atoms with E-state index in [1.54, 1.807) is 31.2 Å². The van der Waals surface area contributed by atoms with Crippen LogP contribution in [0.15, 0.2) is 30.5 Å². The Kier molecular flexibility index (Phi) is 3.27. The molecule has 6 heteroatoms. The molecular weight excluding hydrogens is 235 g/mol. The Morgan fingerprint density at radius 3 is 2.78 bits per heavy atom. The first-order chi connectivity index (χ1) is 8.63. The summed E-state index contributed by atoms with van der Waals surface area (Å²) in [5, 5.41) is 0. The van der Waals surface area contributed by atoms with E-state index in [0.717, 1.165) is 6.20 Å². The van der Waals surface area contributed by atoms with Crippen molar-refractivity contribution in [2.24, 2.45) is 0 Å². The zero-order valence-electron chi connectivity index (χ0n) is 10.1. The van der Waals surface area contributed by atoms with Gasteiger partial charge in [0, 0.05) is 7.05 Å². The minimum Gasteiger partial charge on any atom is -0.495 e. The zero-order chi connectivity index (χ0) is 13.1. The highest BCUT2D eigenvalue weighted by molar-refractivity contribution is 5.66. The van der Waals surface area contributed by atoms with Gasteiger partial charge in [-0.25, -0.2) is 9.37 Å². The lowest BCUT2D eigenvalue weighted by Crippen LogP contribution is -2.15. The van der Waals surface area contributed by atoms with Gasteiger partial charge in [-0.3, -0.25) is 0 Å². The number of hydrogen-bond donors (Lipinski definition) is 1. The van der Waals surface area contributed by atoms with Gasteiger partial charge in [0.1, 0.15) is 5.75 Å². The second-order valence-corrected chi connectivity index (χ2v) is 3.63. The molecule has 0 fully saturated rings. The summed E-state index contributed by atoms with van der Waals surface area (Å²) in [6.07, 6.45) is 1.05. The highest BCUT2D eigenvalue weighted by Gasteiger charge is 2.15. The van der Waals surface area contributed by atoms with E-state index in [0.29, 0.717) is 11.4 Å². The van der Waals surface area contributed by atoms with E-state index in [2.05, 4.69) is 9.97 Å². The average molecular weight is 248 g/mol. The molecule has 1 aromatic carbocycles. The summed E-state index contributed by atoms with van der Waals surface area (Å²) in [6.45, 7) is 0. The van der Waals surface area contributed by atoms with Crippen LogP contribution in [0.25, 0.3) is 0 Å². The largest absolute Gasteiger partial charge is 0.495 e. The van der Waals surface area contributed by atoms with Crippen LogP contribution >= 0.6 is 0 Å². The summed E-state index contributed by atoms with van der Waals surface area (Å²) in [7, 11) is 3.24. The van der Waals surface area contributed by atoms with E-state index in [-0.39, 0.29) is 11.8 Å². The highest BCUT2D eigenvalue weighted by atomic mass is 19.1. The first-order valence-electron chi connectivity index (χ1n) is 5.28. The molecule has 0 atom stereocenters. The van der Waals surface area contributed by atoms with E-state index in [1.165, 1.54) is 0 Å². The van der Waals surface area contributed by atoms with Gasteiger partial charge < -0.3 is 15.4 Å². The third-order valence-electron chi connectivity index (χ3n) is 2.51. The molecule has 94 valence electrons. The van der Waals surface area contributed by atoms with Crippen molar-refractivity contribution in [2.45, 2.75) is 0 Å². The number of methoxy groups -OCH3 is 1. The Labute approximate surface area is 104 Å². The number of hydrogen-bond acceptors (Lipinski definition) is 5. The quantitative estimate of drug-likeness (QED) is 0.899. The first-order valence-corrected chi connectivity index (χ1v) is 5.28. The van der Waals surface area contributed by atoms with E-state index < -0.39 is 5.82 Å². The van der Waals surface area contributed by atoms with Crippen LogP contribution in [0, 0.1) is 5.82 Å². The lowest BCUT2D eigenvalue weighted by Gasteiger charge is -2.21. The number of anilines is 3. The number of nitrogen functional groups attached to an aromatic ring is 1. The van der Waals surface area contributed by atoms with Crippen LogP contribution in [0.2, 0.25) is 0 Å². The van der Waals surface area contributed by atoms with Crippen molar-refractivity contribution in [3.8, 4) is 5.75 Å². The van der Waals surface area contributed by atoms with Crippen LogP contribution in [0.3, 0.4) is 0 Å². The van der Waals surface area contributed by atoms with Crippen molar-refractivity contribution < 1.29 is 9.13 Å². The fourth-order valence-electron chi connectivity index (χ4n) is 1.63. The van der Waals surface area contributed by atoms with Gasteiger partial charge in [0.15, 0.2) is 11.6 Å². The standard InChI is InChI=1S/C12H13FN4O/c1-17(9-5-3-4-6-10(9)18-2)11-8(13)7-15-12(14)16-11/h3-7H,1-2H3,(H2,14,15,16). The molecular formula is C12H13FN4O. The monoisotopic (exact) mass is 248 g/mol. The maximum absolute atomic E-state index is 13.7. The van der Waals surface area contributed by atoms with Gasteiger partial charge in [-0.15, -0.1) is 0 Å². The van der Waals surface area contributed by atoms with E-state index in [4.69, 9.17) is 10.5 Å². The van der Waals surface area contributed by atoms with Gasteiger partial charge in [0.25, 0.3) is 0 Å². The average Bonchev–Trinajstić information content (AvgIpc) is 2.40. The second kappa shape index (κ2) is 4.87. The minimum absolute atomic E-state index is 0.0214. The fourth-order valence-corrected chi connectivity index (χ4v) is 1.63. The molecule has 2 N–H and O–H groups in total. The molecule has 0 aliphatic rings. The van der Waals surface area contributed by atoms with Crippen LogP contribution in [-0.4, -0.2) is 24.1 Å². The van der Waals surface area contributed by atoms with Crippen molar-refractivity contribution >= 4 is 17.5 Å². The number of para-hydroxylation sites is 2. The van der Waals surface area contributed by atoms with Gasteiger partial charge in [0.2, 0.25) is 5.95 Å². The number of ether oxygens (including phenoxy) is 1. The van der Waals surface area contributed by atoms with Gasteiger partial charge in [-0.2, -0.15) is 4.98 Å². The maximum Gasteiger partial charge on any atom is 0.222 e. The maximum atomic E-state index is 13.7. The summed E-state index contributed by atoms with van der Waals surface area (Å²) in [6, 6.07) is 7.25. The van der Waals surface area contributed by atoms with Gasteiger partial charge in [0.05, 0.1) is 19.0 Å². The molecule has 0 saturated carbocycles. The van der Waals surface area contributed by atoms with Gasteiger partial charge in [-0.05, 0) is 12.1 Å². The molecule has 0 unspecified atom stereocenters. The number of aromatic nitrogens is 2. The summed E-state index contributed by atoms with van der Waals surface area (Å²) in [4.78, 5) is 9.04. The molecule has 2 rings (SSSR count). The third-order valence-corrected chi connectivity index (χ3v) is 2.51. The van der Waals surface area contributed by atoms with E-state index in [1.807, 2.05) is 12.1 Å². The molecule has 0 aliphatic heterocycles. The first kappa shape index (κ1) is 12.1. The second-order valence-electron chi connectivity index (χ2n) is 3.63. The Hall–Kier alpha value is -2.37. The molecule has 0 bridgehead atoms. The smallest absolute Gasteiger partial charge is 0.222 e. The van der Waals surface area contributed by atoms with Crippen molar-refractivity contribution in [1.82, 2.24) is 9.97 Å². The van der Waals surface area contributed by atoms with Crippen LogP contribution < -0.4 is 15.4 Å². The predicted octanol–water partition coefficient (Wildman–Crippen LogP) is 1.97. The zero-order valence-corrected chi connectivity index (χ0v) is 10.1. The summed E-state index contributed by atoms with van der Waals surface area (Å²) < 4.78 is 18.9. The minimum atomic E-state index is -0.544. The molecule has 18 heavy (non-hydrogen) atoms. The van der Waals surface area contributed by atoms with Crippen LogP contribution in [0.1, 0.15) is 0 Å². The lowest BCUT2D eigenvalue weighted by molar-refractivity contribution is 0.415. The number of halogens is 1. The molecule has 0 radical (unpaired) electrons. The van der Waals surface area contributed by atoms with Crippen molar-refractivity contribution in [1.29, 1.82) is 0 Å². The van der Waals surface area contributed by atoms with E-state index >= 15 is 0 Å². The normalized spacial score (nSPS) is 10.2. The fraction of sp³-hybridized carbons (Fsp3) is 0.167. The Balaban J connectivity index is 2.47. The lowest BCUT2D eigenvalue weighted by atomic mass is 10.2. The van der Waals surface area contributed by atoms with Crippen molar-refractivity contribution in [3.63, 3.8) is 0 Å². The van der Waals surface area contributed by atoms with Crippen molar-refractivity contribution in [3.05, 3.63) is 36.3 Å². The summed E-state index contributed by atoms with van der Waals surface area (Å²) in [5.41, 5.74) is 6.16. The van der Waals surface area contributed by atoms with Gasteiger partial charge >= 0.3 is 0 Å². The molecule has 5 nitrogen and oxygen atoms in total. The Morgan fingerprint density at radius 2 is 2.06 bits per heavy atom. The van der Waals surface area contributed by atoms with Gasteiger partial charge in [-0.1, -0.05) is 12.1 Å². The number of rotatable bonds is 3. The van der Waals surface area contributed by atoms with Crippen molar-refractivity contribution in [2.75, 3.05) is 24.8 Å². The van der Waals surface area contributed by atoms with Crippen LogP contribution in [-0.2, 0) is 0 Å². The topological polar surface area (TPSA) is 64.3 Å². The molecule has 1 heterocycles. The van der Waals surface area contributed by atoms with Crippen LogP contribution in [0.5, 0.6) is 5.75 Å². The molecule has 0 saturated heterocycles. The Bertz CT molecular complexity index is 562. The molecule has 0 spiro atoms. The number of nitrogens with two attached hydrogens (primary N) is 1. The summed E-state index contributed by atoms with van der Waals surface area (Å²) in [5.74, 6) is 0.203. The number of nitrogens with zero attached hydrogens (tertiary/aromatic N) is 3. The molecule has 0 amide bonds. The number of benzene rings is 1. The molecule has 1 aromatic heterocycles. The summed E-state index contributed by atoms with van der Waals surface area (Å²) >= 11 is 0. The predicted molar refractivity (Wildman–Crippen MR) is 67.5 cm³/mol.